The van der Waals surface area contributed by atoms with Gasteiger partial charge in [-0.1, -0.05) is 42.0 Å². The molecule has 0 unspecified atom stereocenters. The molecule has 0 bridgehead atoms. The molecule has 1 amide bonds. The first-order chi connectivity index (χ1) is 13.5. The predicted octanol–water partition coefficient (Wildman–Crippen LogP) is 3.65. The molecule has 1 N–H and O–H groups in total. The van der Waals surface area contributed by atoms with Gasteiger partial charge in [0, 0.05) is 17.9 Å². The molecule has 142 valence electrons. The molecule has 0 spiro atoms. The summed E-state index contributed by atoms with van der Waals surface area (Å²) in [5.41, 5.74) is 1.69. The summed E-state index contributed by atoms with van der Waals surface area (Å²) in [5.74, 6) is 0.405. The predicted molar refractivity (Wildman–Crippen MR) is 107 cm³/mol. The van der Waals surface area contributed by atoms with E-state index in [1.54, 1.807) is 31.4 Å². The number of benzene rings is 2. The Morgan fingerprint density at radius 3 is 2.71 bits per heavy atom. The summed E-state index contributed by atoms with van der Waals surface area (Å²) < 4.78 is 5.26. The maximum atomic E-state index is 13.1. The lowest BCUT2D eigenvalue weighted by Gasteiger charge is -2.38. The third-order valence-electron chi connectivity index (χ3n) is 5.32. The molecule has 6 heteroatoms. The van der Waals surface area contributed by atoms with Crippen LogP contribution in [0.2, 0.25) is 0 Å². The van der Waals surface area contributed by atoms with Crippen LogP contribution in [0.4, 0.5) is 0 Å². The van der Waals surface area contributed by atoms with Crippen LogP contribution in [-0.4, -0.2) is 28.8 Å². The van der Waals surface area contributed by atoms with E-state index in [1.165, 1.54) is 16.7 Å². The number of aliphatic hydroxyl groups is 1. The minimum atomic E-state index is -1.49. The van der Waals surface area contributed by atoms with Crippen LogP contribution in [0.1, 0.15) is 29.0 Å². The molecule has 1 saturated heterocycles. The van der Waals surface area contributed by atoms with Crippen LogP contribution in [-0.2, 0) is 10.5 Å². The number of nitriles is 1. The molecule has 0 saturated carbocycles. The molecule has 2 aromatic rings. The van der Waals surface area contributed by atoms with Crippen molar-refractivity contribution in [3.63, 3.8) is 0 Å². The van der Waals surface area contributed by atoms with Gasteiger partial charge in [-0.25, -0.2) is 0 Å². The molecule has 2 aliphatic heterocycles. The molecule has 2 aromatic carbocycles. The van der Waals surface area contributed by atoms with Gasteiger partial charge in [0.05, 0.1) is 29.5 Å². The van der Waals surface area contributed by atoms with Crippen LogP contribution in [0, 0.1) is 18.3 Å². The number of thioether (sulfide) groups is 1. The smallest absolute Gasteiger partial charge is 0.231 e. The van der Waals surface area contributed by atoms with Gasteiger partial charge in [-0.2, -0.15) is 5.26 Å². The molecular formula is C22H20N2O3S. The first-order valence-corrected chi connectivity index (χ1v) is 10.00. The number of rotatable bonds is 3. The van der Waals surface area contributed by atoms with Crippen LogP contribution >= 0.6 is 11.8 Å². The molecule has 0 aliphatic carbocycles. The summed E-state index contributed by atoms with van der Waals surface area (Å²) in [6.07, 6.45) is 0.155. The lowest BCUT2D eigenvalue weighted by Crippen LogP contribution is -2.48. The van der Waals surface area contributed by atoms with Gasteiger partial charge < -0.3 is 9.84 Å². The van der Waals surface area contributed by atoms with Gasteiger partial charge in [-0.3, -0.25) is 9.69 Å². The number of ether oxygens (including phenoxy) is 1. The monoisotopic (exact) mass is 392 g/mol. The number of allylic oxidation sites excluding steroid dienone is 1. The lowest BCUT2D eigenvalue weighted by molar-refractivity contribution is -0.149. The Kier molecular flexibility index (Phi) is 4.66. The highest BCUT2D eigenvalue weighted by Crippen LogP contribution is 2.51. The third-order valence-corrected chi connectivity index (χ3v) is 6.55. The second-order valence-electron chi connectivity index (χ2n) is 7.06. The van der Waals surface area contributed by atoms with Crippen molar-refractivity contribution in [2.45, 2.75) is 25.0 Å². The molecule has 28 heavy (non-hydrogen) atoms. The highest BCUT2D eigenvalue weighted by Gasteiger charge is 2.51. The summed E-state index contributed by atoms with van der Waals surface area (Å²) in [7, 11) is 1.56. The van der Waals surface area contributed by atoms with E-state index in [1.807, 2.05) is 31.2 Å². The van der Waals surface area contributed by atoms with Crippen molar-refractivity contribution in [2.24, 2.45) is 0 Å². The van der Waals surface area contributed by atoms with E-state index in [2.05, 4.69) is 6.07 Å². The number of carbonyl (C=O) groups excluding carboxylic acids is 1. The summed E-state index contributed by atoms with van der Waals surface area (Å²) >= 11 is 1.35. The first kappa shape index (κ1) is 18.6. The number of nitrogens with zero attached hydrogens (tertiary/aromatic N) is 2. The van der Waals surface area contributed by atoms with Gasteiger partial charge in [-0.05, 0) is 24.6 Å². The summed E-state index contributed by atoms with van der Waals surface area (Å²) in [6.45, 7) is 2.00. The SMILES string of the molecule is COc1cccc([C@@]2(O)CSC3=C(C#N)[C@H](c4ccc(C)cc4)CC(=O)N32)c1. The zero-order valence-electron chi connectivity index (χ0n) is 15.7. The molecule has 2 atom stereocenters. The largest absolute Gasteiger partial charge is 0.497 e. The van der Waals surface area contributed by atoms with Gasteiger partial charge in [0.2, 0.25) is 5.91 Å². The van der Waals surface area contributed by atoms with Crippen molar-refractivity contribution in [2.75, 3.05) is 12.9 Å². The van der Waals surface area contributed by atoms with Crippen molar-refractivity contribution in [3.8, 4) is 11.8 Å². The zero-order valence-corrected chi connectivity index (χ0v) is 16.5. The summed E-state index contributed by atoms with van der Waals surface area (Å²) in [6, 6.07) is 17.3. The molecule has 2 aliphatic rings. The van der Waals surface area contributed by atoms with Crippen molar-refractivity contribution < 1.29 is 14.6 Å². The number of carbonyl (C=O) groups is 1. The molecule has 4 rings (SSSR count). The van der Waals surface area contributed by atoms with E-state index in [4.69, 9.17) is 4.74 Å². The molecule has 0 aromatic heterocycles. The highest BCUT2D eigenvalue weighted by atomic mass is 32.2. The fraction of sp³-hybridized carbons (Fsp3) is 0.273. The maximum absolute atomic E-state index is 13.1. The molecule has 5 nitrogen and oxygen atoms in total. The van der Waals surface area contributed by atoms with Crippen molar-refractivity contribution in [3.05, 3.63) is 75.8 Å². The minimum Gasteiger partial charge on any atom is -0.497 e. The fourth-order valence-corrected chi connectivity index (χ4v) is 5.15. The lowest BCUT2D eigenvalue weighted by atomic mass is 9.85. The van der Waals surface area contributed by atoms with Gasteiger partial charge in [0.15, 0.2) is 5.72 Å². The standard InChI is InChI=1S/C22H20N2O3S/c1-14-6-8-15(9-7-14)18-11-20(25)24-21(19(18)12-23)28-13-22(24,26)16-4-3-5-17(10-16)27-2/h3-10,18,26H,11,13H2,1-2H3/t18-,22-/m0/s1. The highest BCUT2D eigenvalue weighted by molar-refractivity contribution is 8.03. The van der Waals surface area contributed by atoms with Gasteiger partial charge in [0.25, 0.3) is 0 Å². The number of amides is 1. The van der Waals surface area contributed by atoms with Crippen LogP contribution in [0.25, 0.3) is 0 Å². The summed E-state index contributed by atoms with van der Waals surface area (Å²) in [5, 5.41) is 21.9. The normalized spacial score (nSPS) is 24.1. The fourth-order valence-electron chi connectivity index (χ4n) is 3.79. The van der Waals surface area contributed by atoms with Crippen LogP contribution < -0.4 is 4.74 Å². The Bertz CT molecular complexity index is 1010. The number of hydrogen-bond acceptors (Lipinski definition) is 5. The Morgan fingerprint density at radius 2 is 2.04 bits per heavy atom. The van der Waals surface area contributed by atoms with Crippen LogP contribution in [0.3, 0.4) is 0 Å². The van der Waals surface area contributed by atoms with Gasteiger partial charge in [0.1, 0.15) is 5.75 Å². The van der Waals surface area contributed by atoms with E-state index in [0.717, 1.165) is 11.1 Å². The minimum absolute atomic E-state index is 0.155. The van der Waals surface area contributed by atoms with Crippen LogP contribution in [0.15, 0.2) is 59.1 Å². The maximum Gasteiger partial charge on any atom is 0.231 e. The Morgan fingerprint density at radius 1 is 1.29 bits per heavy atom. The first-order valence-electron chi connectivity index (χ1n) is 9.01. The van der Waals surface area contributed by atoms with E-state index >= 15 is 0 Å². The average molecular weight is 392 g/mol. The van der Waals surface area contributed by atoms with Crippen molar-refractivity contribution in [1.82, 2.24) is 4.90 Å². The van der Waals surface area contributed by atoms with Gasteiger partial charge in [-0.15, -0.1) is 11.8 Å². The molecular weight excluding hydrogens is 372 g/mol. The Labute approximate surface area is 168 Å². The topological polar surface area (TPSA) is 73.6 Å². The zero-order chi connectivity index (χ0) is 19.9. The molecule has 0 radical (unpaired) electrons. The van der Waals surface area contributed by atoms with Gasteiger partial charge >= 0.3 is 0 Å². The van der Waals surface area contributed by atoms with Crippen molar-refractivity contribution >= 4 is 17.7 Å². The number of methoxy groups -OCH3 is 1. The third kappa shape index (κ3) is 2.88. The number of hydrogen-bond donors (Lipinski definition) is 1. The van der Waals surface area contributed by atoms with Crippen LogP contribution in [0.5, 0.6) is 5.75 Å². The van der Waals surface area contributed by atoms with Crippen molar-refractivity contribution in [1.29, 1.82) is 5.26 Å². The molecule has 1 fully saturated rings. The Hall–Kier alpha value is -2.75. The quantitative estimate of drug-likeness (QED) is 0.863. The average Bonchev–Trinajstić information content (AvgIpc) is 3.08. The second kappa shape index (κ2) is 7.01. The number of aryl methyl sites for hydroxylation is 1. The Balaban J connectivity index is 1.79. The van der Waals surface area contributed by atoms with E-state index in [-0.39, 0.29) is 24.0 Å². The molecule has 2 heterocycles. The second-order valence-corrected chi connectivity index (χ2v) is 8.03. The van der Waals surface area contributed by atoms with E-state index in [9.17, 15) is 15.2 Å². The number of fused-ring (bicyclic) bond motifs is 1. The van der Waals surface area contributed by atoms with E-state index in [0.29, 0.717) is 21.9 Å². The summed E-state index contributed by atoms with van der Waals surface area (Å²) in [4.78, 5) is 14.5. The van der Waals surface area contributed by atoms with E-state index < -0.39 is 5.72 Å².